The fraction of sp³-hybridized carbons (Fsp3) is 0.333. The Balaban J connectivity index is 2.01. The molecule has 0 fully saturated rings. The molecular formula is C21H24N4O4S. The van der Waals surface area contributed by atoms with Gasteiger partial charge in [0, 0.05) is 25.4 Å². The van der Waals surface area contributed by atoms with Crippen LogP contribution < -0.4 is 19.7 Å². The molecule has 2 amide bonds. The molecule has 0 aliphatic carbocycles. The first-order valence-electron chi connectivity index (χ1n) is 9.28. The smallest absolute Gasteiger partial charge is 0.262 e. The van der Waals surface area contributed by atoms with Gasteiger partial charge >= 0.3 is 0 Å². The van der Waals surface area contributed by atoms with Crippen molar-refractivity contribution in [2.24, 2.45) is 0 Å². The number of hydrogen-bond acceptors (Lipinski definition) is 7. The van der Waals surface area contributed by atoms with Crippen LogP contribution in [0.1, 0.15) is 25.1 Å². The molecule has 1 heterocycles. The number of carbonyl (C=O) groups excluding carboxylic acids is 2. The van der Waals surface area contributed by atoms with Crippen LogP contribution in [-0.2, 0) is 16.0 Å². The third kappa shape index (κ3) is 5.81. The van der Waals surface area contributed by atoms with Gasteiger partial charge in [-0.25, -0.2) is 4.98 Å². The SMILES string of the molecule is CCN(C(C)=O)c1nc(/C=C(\C#N)C(=O)NCCc2ccc(OC)c(OC)c2)cs1. The average Bonchev–Trinajstić information content (AvgIpc) is 3.20. The lowest BCUT2D eigenvalue weighted by atomic mass is 10.1. The Bertz CT molecular complexity index is 978. The highest BCUT2D eigenvalue weighted by atomic mass is 32.1. The normalized spacial score (nSPS) is 10.8. The molecule has 2 aromatic rings. The van der Waals surface area contributed by atoms with Crippen molar-refractivity contribution in [3.8, 4) is 17.6 Å². The minimum atomic E-state index is -0.480. The fourth-order valence-electron chi connectivity index (χ4n) is 2.71. The minimum Gasteiger partial charge on any atom is -0.493 e. The molecule has 0 saturated carbocycles. The summed E-state index contributed by atoms with van der Waals surface area (Å²) < 4.78 is 10.5. The van der Waals surface area contributed by atoms with Crippen LogP contribution in [0.3, 0.4) is 0 Å². The van der Waals surface area contributed by atoms with Crippen LogP contribution in [-0.4, -0.2) is 44.1 Å². The first-order valence-corrected chi connectivity index (χ1v) is 10.2. The van der Waals surface area contributed by atoms with Crippen LogP contribution in [0.25, 0.3) is 6.08 Å². The molecule has 0 atom stereocenters. The van der Waals surface area contributed by atoms with Gasteiger partial charge in [-0.1, -0.05) is 6.07 Å². The highest BCUT2D eigenvalue weighted by molar-refractivity contribution is 7.14. The highest BCUT2D eigenvalue weighted by Crippen LogP contribution is 2.27. The predicted octanol–water partition coefficient (Wildman–Crippen LogP) is 2.80. The molecule has 158 valence electrons. The monoisotopic (exact) mass is 428 g/mol. The summed E-state index contributed by atoms with van der Waals surface area (Å²) in [6.45, 7) is 4.16. The zero-order valence-corrected chi connectivity index (χ0v) is 18.2. The highest BCUT2D eigenvalue weighted by Gasteiger charge is 2.15. The number of amides is 2. The van der Waals surface area contributed by atoms with Crippen LogP contribution in [0.15, 0.2) is 29.2 Å². The maximum Gasteiger partial charge on any atom is 0.262 e. The summed E-state index contributed by atoms with van der Waals surface area (Å²) in [5.41, 5.74) is 1.37. The van der Waals surface area contributed by atoms with Crippen molar-refractivity contribution in [3.63, 3.8) is 0 Å². The quantitative estimate of drug-likeness (QED) is 0.486. The number of ether oxygens (including phenoxy) is 2. The van der Waals surface area contributed by atoms with Crippen molar-refractivity contribution in [3.05, 3.63) is 40.4 Å². The molecule has 0 saturated heterocycles. The molecule has 2 rings (SSSR count). The Morgan fingerprint density at radius 3 is 2.63 bits per heavy atom. The molecular weight excluding hydrogens is 404 g/mol. The molecule has 0 radical (unpaired) electrons. The molecule has 1 aromatic heterocycles. The van der Waals surface area contributed by atoms with Crippen molar-refractivity contribution in [1.29, 1.82) is 5.26 Å². The van der Waals surface area contributed by atoms with E-state index in [0.717, 1.165) is 5.56 Å². The summed E-state index contributed by atoms with van der Waals surface area (Å²) in [4.78, 5) is 29.8. The molecule has 9 heteroatoms. The van der Waals surface area contributed by atoms with Gasteiger partial charge in [-0.2, -0.15) is 5.26 Å². The van der Waals surface area contributed by atoms with E-state index in [1.807, 2.05) is 25.1 Å². The standard InChI is InChI=1S/C21H24N4O4S/c1-5-25(14(2)26)21-24-17(13-30-21)11-16(12-22)20(27)23-9-8-15-6-7-18(28-3)19(10-15)29-4/h6-7,10-11,13H,5,8-9H2,1-4H3,(H,23,27)/b16-11+. The molecule has 0 bridgehead atoms. The van der Waals surface area contributed by atoms with Gasteiger partial charge in [-0.3, -0.25) is 14.5 Å². The van der Waals surface area contributed by atoms with Gasteiger partial charge in [0.25, 0.3) is 5.91 Å². The van der Waals surface area contributed by atoms with Gasteiger partial charge in [-0.15, -0.1) is 11.3 Å². The van der Waals surface area contributed by atoms with E-state index in [1.165, 1.54) is 29.2 Å². The predicted molar refractivity (Wildman–Crippen MR) is 116 cm³/mol. The van der Waals surface area contributed by atoms with Crippen molar-refractivity contribution in [2.75, 3.05) is 32.2 Å². The first-order chi connectivity index (χ1) is 14.4. The Hall–Kier alpha value is -3.38. The Morgan fingerprint density at radius 2 is 2.03 bits per heavy atom. The second-order valence-corrected chi connectivity index (χ2v) is 7.02. The van der Waals surface area contributed by atoms with Crippen LogP contribution >= 0.6 is 11.3 Å². The number of carbonyl (C=O) groups is 2. The number of thiazole rings is 1. The lowest BCUT2D eigenvalue weighted by Gasteiger charge is -2.14. The van der Waals surface area contributed by atoms with E-state index < -0.39 is 5.91 Å². The van der Waals surface area contributed by atoms with Crippen LogP contribution in [0.4, 0.5) is 5.13 Å². The van der Waals surface area contributed by atoms with Crippen molar-refractivity contribution in [2.45, 2.75) is 20.3 Å². The zero-order valence-electron chi connectivity index (χ0n) is 17.4. The Kier molecular flexibility index (Phi) is 8.38. The van der Waals surface area contributed by atoms with Gasteiger partial charge in [0.1, 0.15) is 11.6 Å². The molecule has 0 spiro atoms. The van der Waals surface area contributed by atoms with Crippen molar-refractivity contribution < 1.29 is 19.1 Å². The van der Waals surface area contributed by atoms with Crippen LogP contribution in [0.5, 0.6) is 11.5 Å². The molecule has 1 aromatic carbocycles. The number of aromatic nitrogens is 1. The van der Waals surface area contributed by atoms with Crippen molar-refractivity contribution >= 4 is 34.4 Å². The van der Waals surface area contributed by atoms with E-state index in [0.29, 0.717) is 41.8 Å². The third-order valence-electron chi connectivity index (χ3n) is 4.24. The Morgan fingerprint density at radius 1 is 1.30 bits per heavy atom. The van der Waals surface area contributed by atoms with E-state index in [9.17, 15) is 14.9 Å². The third-order valence-corrected chi connectivity index (χ3v) is 5.12. The summed E-state index contributed by atoms with van der Waals surface area (Å²) in [7, 11) is 3.13. The number of nitriles is 1. The molecule has 8 nitrogen and oxygen atoms in total. The summed E-state index contributed by atoms with van der Waals surface area (Å²) in [6, 6.07) is 7.44. The number of hydrogen-bond donors (Lipinski definition) is 1. The van der Waals surface area contributed by atoms with E-state index in [-0.39, 0.29) is 11.5 Å². The zero-order chi connectivity index (χ0) is 22.1. The summed E-state index contributed by atoms with van der Waals surface area (Å²) in [5, 5.41) is 14.3. The van der Waals surface area contributed by atoms with Crippen LogP contribution in [0, 0.1) is 11.3 Å². The number of methoxy groups -OCH3 is 2. The van der Waals surface area contributed by atoms with E-state index >= 15 is 0 Å². The molecule has 0 unspecified atom stereocenters. The maximum absolute atomic E-state index is 12.4. The summed E-state index contributed by atoms with van der Waals surface area (Å²) in [6.07, 6.45) is 1.98. The lowest BCUT2D eigenvalue weighted by molar-refractivity contribution is -0.117. The maximum atomic E-state index is 12.4. The number of benzene rings is 1. The number of nitrogens with zero attached hydrogens (tertiary/aromatic N) is 3. The van der Waals surface area contributed by atoms with E-state index in [2.05, 4.69) is 10.3 Å². The fourth-order valence-corrected chi connectivity index (χ4v) is 3.60. The summed E-state index contributed by atoms with van der Waals surface area (Å²) in [5.74, 6) is 0.654. The molecule has 1 N–H and O–H groups in total. The second-order valence-electron chi connectivity index (χ2n) is 6.18. The minimum absolute atomic E-state index is 0.0509. The van der Waals surface area contributed by atoms with E-state index in [1.54, 1.807) is 25.7 Å². The topological polar surface area (TPSA) is 105 Å². The van der Waals surface area contributed by atoms with Gasteiger partial charge in [0.2, 0.25) is 5.91 Å². The van der Waals surface area contributed by atoms with Crippen LogP contribution in [0.2, 0.25) is 0 Å². The first kappa shape index (κ1) is 22.9. The van der Waals surface area contributed by atoms with Gasteiger partial charge in [-0.05, 0) is 37.1 Å². The molecule has 30 heavy (non-hydrogen) atoms. The van der Waals surface area contributed by atoms with E-state index in [4.69, 9.17) is 9.47 Å². The second kappa shape index (κ2) is 11.0. The largest absolute Gasteiger partial charge is 0.493 e. The van der Waals surface area contributed by atoms with Gasteiger partial charge in [0.05, 0.1) is 19.9 Å². The summed E-state index contributed by atoms with van der Waals surface area (Å²) >= 11 is 1.28. The lowest BCUT2D eigenvalue weighted by Crippen LogP contribution is -2.27. The van der Waals surface area contributed by atoms with Crippen molar-refractivity contribution in [1.82, 2.24) is 10.3 Å². The average molecular weight is 429 g/mol. The molecule has 0 aliphatic heterocycles. The Labute approximate surface area is 179 Å². The molecule has 0 aliphatic rings. The number of anilines is 1. The number of rotatable bonds is 9. The van der Waals surface area contributed by atoms with Gasteiger partial charge < -0.3 is 14.8 Å². The van der Waals surface area contributed by atoms with Gasteiger partial charge in [0.15, 0.2) is 16.6 Å². The number of nitrogens with one attached hydrogen (secondary N) is 1.